The molecule has 22 heavy (non-hydrogen) atoms. The molecular weight excluding hydrogens is 293 g/mol. The van der Waals surface area contributed by atoms with Gasteiger partial charge in [0, 0.05) is 25.0 Å². The fourth-order valence-corrected chi connectivity index (χ4v) is 3.62. The summed E-state index contributed by atoms with van der Waals surface area (Å²) < 4.78 is 40.2. The number of hydrogen-bond acceptors (Lipinski definition) is 2. The van der Waals surface area contributed by atoms with Gasteiger partial charge in [-0.05, 0) is 44.4 Å². The molecule has 2 saturated heterocycles. The molecule has 1 spiro atoms. The lowest BCUT2D eigenvalue weighted by atomic mass is 9.74. The van der Waals surface area contributed by atoms with E-state index in [2.05, 4.69) is 5.32 Å². The molecule has 1 unspecified atom stereocenters. The lowest BCUT2D eigenvalue weighted by molar-refractivity contribution is 0.0429. The molecule has 0 saturated carbocycles. The first-order valence-electron chi connectivity index (χ1n) is 7.66. The van der Waals surface area contributed by atoms with Crippen molar-refractivity contribution in [3.8, 4) is 0 Å². The number of piperidine rings is 2. The molecule has 2 aliphatic rings. The van der Waals surface area contributed by atoms with Crippen LogP contribution in [0.4, 0.5) is 13.2 Å². The van der Waals surface area contributed by atoms with Crippen LogP contribution in [-0.4, -0.2) is 37.0 Å². The normalized spacial score (nSPS) is 25.5. The highest BCUT2D eigenvalue weighted by Crippen LogP contribution is 2.36. The lowest BCUT2D eigenvalue weighted by Gasteiger charge is -2.45. The highest BCUT2D eigenvalue weighted by Gasteiger charge is 2.38. The van der Waals surface area contributed by atoms with Gasteiger partial charge in [0.2, 0.25) is 0 Å². The Morgan fingerprint density at radius 3 is 2.64 bits per heavy atom. The zero-order chi connectivity index (χ0) is 15.7. The van der Waals surface area contributed by atoms with E-state index in [1.165, 1.54) is 0 Å². The third kappa shape index (κ3) is 2.72. The number of likely N-dealkylation sites (tertiary alicyclic amines) is 1. The smallest absolute Gasteiger partial charge is 0.256 e. The summed E-state index contributed by atoms with van der Waals surface area (Å²) in [6.07, 6.45) is 3.97. The van der Waals surface area contributed by atoms with Crippen molar-refractivity contribution >= 4 is 5.91 Å². The zero-order valence-corrected chi connectivity index (χ0v) is 12.3. The molecule has 1 aromatic carbocycles. The van der Waals surface area contributed by atoms with E-state index in [1.54, 1.807) is 4.90 Å². The topological polar surface area (TPSA) is 32.3 Å². The molecule has 2 heterocycles. The molecule has 2 aliphatic heterocycles. The molecule has 3 nitrogen and oxygen atoms in total. The third-order valence-electron chi connectivity index (χ3n) is 4.77. The van der Waals surface area contributed by atoms with Crippen molar-refractivity contribution < 1.29 is 18.0 Å². The van der Waals surface area contributed by atoms with E-state index in [0.29, 0.717) is 13.1 Å². The standard InChI is InChI=1S/C16H19F3N2O/c17-12-4-3-11(13(18)14(12)19)15(22)21-8-2-6-16(10-21)5-1-7-20-9-16/h3-4,20H,1-2,5-10H2. The van der Waals surface area contributed by atoms with Gasteiger partial charge in [0.25, 0.3) is 5.91 Å². The van der Waals surface area contributed by atoms with Crippen LogP contribution < -0.4 is 5.32 Å². The highest BCUT2D eigenvalue weighted by molar-refractivity contribution is 5.94. The van der Waals surface area contributed by atoms with Gasteiger partial charge >= 0.3 is 0 Å². The molecule has 1 atom stereocenters. The maximum absolute atomic E-state index is 13.8. The second kappa shape index (κ2) is 5.91. The van der Waals surface area contributed by atoms with Crippen molar-refractivity contribution in [2.75, 3.05) is 26.2 Å². The Labute approximate surface area is 127 Å². The predicted molar refractivity (Wildman–Crippen MR) is 76.0 cm³/mol. The second-order valence-electron chi connectivity index (χ2n) is 6.33. The first kappa shape index (κ1) is 15.3. The number of nitrogens with zero attached hydrogens (tertiary/aromatic N) is 1. The van der Waals surface area contributed by atoms with E-state index in [1.807, 2.05) is 0 Å². The summed E-state index contributed by atoms with van der Waals surface area (Å²) in [6, 6.07) is 1.82. The first-order chi connectivity index (χ1) is 10.5. The lowest BCUT2D eigenvalue weighted by Crippen LogP contribution is -2.52. The molecule has 120 valence electrons. The van der Waals surface area contributed by atoms with Crippen LogP contribution in [0.2, 0.25) is 0 Å². The number of amides is 1. The third-order valence-corrected chi connectivity index (χ3v) is 4.77. The van der Waals surface area contributed by atoms with Crippen molar-refractivity contribution in [1.82, 2.24) is 10.2 Å². The molecular formula is C16H19F3N2O. The number of carbonyl (C=O) groups excluding carboxylic acids is 1. The minimum atomic E-state index is -1.59. The highest BCUT2D eigenvalue weighted by atomic mass is 19.2. The number of carbonyl (C=O) groups is 1. The maximum Gasteiger partial charge on any atom is 0.256 e. The number of rotatable bonds is 1. The average molecular weight is 312 g/mol. The van der Waals surface area contributed by atoms with Crippen LogP contribution in [0, 0.1) is 22.9 Å². The summed E-state index contributed by atoms with van der Waals surface area (Å²) in [5.74, 6) is -4.81. The summed E-state index contributed by atoms with van der Waals surface area (Å²) >= 11 is 0. The van der Waals surface area contributed by atoms with E-state index >= 15 is 0 Å². The van der Waals surface area contributed by atoms with Gasteiger partial charge in [0.15, 0.2) is 17.5 Å². The Hall–Kier alpha value is -1.56. The first-order valence-corrected chi connectivity index (χ1v) is 7.66. The summed E-state index contributed by atoms with van der Waals surface area (Å²) in [6.45, 7) is 2.89. The Balaban J connectivity index is 1.81. The number of hydrogen-bond donors (Lipinski definition) is 1. The van der Waals surface area contributed by atoms with Gasteiger partial charge in [-0.15, -0.1) is 0 Å². The van der Waals surface area contributed by atoms with Crippen LogP contribution in [0.1, 0.15) is 36.0 Å². The molecule has 0 aliphatic carbocycles. The van der Waals surface area contributed by atoms with E-state index in [4.69, 9.17) is 0 Å². The van der Waals surface area contributed by atoms with Crippen LogP contribution in [-0.2, 0) is 0 Å². The zero-order valence-electron chi connectivity index (χ0n) is 12.3. The molecule has 1 aromatic rings. The van der Waals surface area contributed by atoms with Crippen LogP contribution in [0.25, 0.3) is 0 Å². The SMILES string of the molecule is O=C(c1ccc(F)c(F)c1F)N1CCCC2(CCCNC2)C1. The van der Waals surface area contributed by atoms with Crippen molar-refractivity contribution in [3.05, 3.63) is 35.1 Å². The van der Waals surface area contributed by atoms with Gasteiger partial charge in [-0.3, -0.25) is 4.79 Å². The van der Waals surface area contributed by atoms with E-state index < -0.39 is 23.4 Å². The Morgan fingerprint density at radius 1 is 1.14 bits per heavy atom. The molecule has 0 aromatic heterocycles. The van der Waals surface area contributed by atoms with Gasteiger partial charge in [-0.25, -0.2) is 13.2 Å². The van der Waals surface area contributed by atoms with E-state index in [9.17, 15) is 18.0 Å². The molecule has 6 heteroatoms. The van der Waals surface area contributed by atoms with Crippen LogP contribution in [0.3, 0.4) is 0 Å². The van der Waals surface area contributed by atoms with Gasteiger partial charge in [-0.1, -0.05) is 0 Å². The minimum absolute atomic E-state index is 0.0290. The van der Waals surface area contributed by atoms with E-state index in [0.717, 1.165) is 50.9 Å². The summed E-state index contributed by atoms with van der Waals surface area (Å²) in [7, 11) is 0. The molecule has 1 N–H and O–H groups in total. The van der Waals surface area contributed by atoms with Crippen molar-refractivity contribution in [3.63, 3.8) is 0 Å². The fourth-order valence-electron chi connectivity index (χ4n) is 3.62. The number of benzene rings is 1. The minimum Gasteiger partial charge on any atom is -0.338 e. The summed E-state index contributed by atoms with van der Waals surface area (Å²) in [5, 5.41) is 3.35. The van der Waals surface area contributed by atoms with Crippen LogP contribution >= 0.6 is 0 Å². The Bertz CT molecular complexity index is 579. The molecule has 3 rings (SSSR count). The van der Waals surface area contributed by atoms with Crippen molar-refractivity contribution in [2.24, 2.45) is 5.41 Å². The molecule has 1 amide bonds. The monoisotopic (exact) mass is 312 g/mol. The van der Waals surface area contributed by atoms with Gasteiger partial charge in [-0.2, -0.15) is 0 Å². The molecule has 0 radical (unpaired) electrons. The van der Waals surface area contributed by atoms with Gasteiger partial charge in [0.05, 0.1) is 5.56 Å². The Kier molecular flexibility index (Phi) is 4.12. The largest absolute Gasteiger partial charge is 0.338 e. The molecule has 0 bridgehead atoms. The van der Waals surface area contributed by atoms with E-state index in [-0.39, 0.29) is 11.0 Å². The van der Waals surface area contributed by atoms with Crippen LogP contribution in [0.15, 0.2) is 12.1 Å². The van der Waals surface area contributed by atoms with Crippen molar-refractivity contribution in [2.45, 2.75) is 25.7 Å². The summed E-state index contributed by atoms with van der Waals surface area (Å²) in [4.78, 5) is 14.1. The van der Waals surface area contributed by atoms with Crippen LogP contribution in [0.5, 0.6) is 0 Å². The van der Waals surface area contributed by atoms with Gasteiger partial charge in [0.1, 0.15) is 0 Å². The molecule has 2 fully saturated rings. The fraction of sp³-hybridized carbons (Fsp3) is 0.562. The van der Waals surface area contributed by atoms with Crippen molar-refractivity contribution in [1.29, 1.82) is 0 Å². The number of nitrogens with one attached hydrogen (secondary N) is 1. The number of halogens is 3. The van der Waals surface area contributed by atoms with Gasteiger partial charge < -0.3 is 10.2 Å². The summed E-state index contributed by atoms with van der Waals surface area (Å²) in [5.41, 5.74) is -0.360. The second-order valence-corrected chi connectivity index (χ2v) is 6.33. The maximum atomic E-state index is 13.8. The predicted octanol–water partition coefficient (Wildman–Crippen LogP) is 2.71. The Morgan fingerprint density at radius 2 is 1.91 bits per heavy atom. The average Bonchev–Trinajstić information content (AvgIpc) is 2.53. The quantitative estimate of drug-likeness (QED) is 0.809.